The van der Waals surface area contributed by atoms with E-state index in [1.165, 1.54) is 18.2 Å². The van der Waals surface area contributed by atoms with Crippen molar-refractivity contribution in [3.63, 3.8) is 0 Å². The summed E-state index contributed by atoms with van der Waals surface area (Å²) in [4.78, 5) is 22.9. The van der Waals surface area contributed by atoms with Crippen molar-refractivity contribution >= 4 is 23.2 Å². The molecule has 0 atom stereocenters. The maximum atomic E-state index is 13.1. The number of nitrogens with zero attached hydrogens (tertiary/aromatic N) is 2. The minimum absolute atomic E-state index is 0.0163. The second kappa shape index (κ2) is 8.87. The van der Waals surface area contributed by atoms with Crippen molar-refractivity contribution in [3.8, 4) is 5.75 Å². The highest BCUT2D eigenvalue weighted by Crippen LogP contribution is 2.24. The van der Waals surface area contributed by atoms with Crippen LogP contribution >= 0.6 is 11.6 Å². The Morgan fingerprint density at radius 1 is 1.21 bits per heavy atom. The number of para-hydroxylation sites is 1. The van der Waals surface area contributed by atoms with Crippen molar-refractivity contribution in [2.24, 2.45) is 0 Å². The minimum Gasteiger partial charge on any atom is -0.484 e. The quantitative estimate of drug-likeness (QED) is 0.379. The maximum Gasteiger partial charge on any atom is 0.406 e. The summed E-state index contributed by atoms with van der Waals surface area (Å²) in [5, 5.41) is 10.8. The lowest BCUT2D eigenvalue weighted by Gasteiger charge is -2.24. The number of hydrogen-bond acceptors (Lipinski definition) is 4. The van der Waals surface area contributed by atoms with Gasteiger partial charge in [-0.1, -0.05) is 29.8 Å². The van der Waals surface area contributed by atoms with E-state index >= 15 is 0 Å². The molecule has 0 aliphatic carbocycles. The van der Waals surface area contributed by atoms with E-state index in [-0.39, 0.29) is 16.3 Å². The monoisotopic (exact) mass is 420 g/mol. The van der Waals surface area contributed by atoms with E-state index in [2.05, 4.69) is 0 Å². The van der Waals surface area contributed by atoms with E-state index in [1.807, 2.05) is 0 Å². The Hall–Kier alpha value is -2.88. The van der Waals surface area contributed by atoms with Crippen LogP contribution in [0.1, 0.15) is 5.56 Å². The standard InChI is InChI=1S/C17H13ClF4N2O4/c18-13-7-12(5-6-14(13)19)28-9-16(25)23(10-17(20,21)22)8-11-3-1-2-4-15(11)24(26)27/h1-7H,8-10H2. The number of carbonyl (C=O) groups is 1. The number of amides is 1. The molecule has 0 saturated carbocycles. The largest absolute Gasteiger partial charge is 0.484 e. The summed E-state index contributed by atoms with van der Waals surface area (Å²) in [5.41, 5.74) is -0.469. The summed E-state index contributed by atoms with van der Waals surface area (Å²) in [6, 6.07) is 8.36. The van der Waals surface area contributed by atoms with Gasteiger partial charge in [-0.05, 0) is 12.1 Å². The molecule has 2 aromatic carbocycles. The summed E-state index contributed by atoms with van der Waals surface area (Å²) in [6.07, 6.45) is -4.72. The maximum absolute atomic E-state index is 13.1. The van der Waals surface area contributed by atoms with Crippen molar-refractivity contribution in [3.05, 3.63) is 69.0 Å². The van der Waals surface area contributed by atoms with E-state index in [9.17, 15) is 32.5 Å². The average Bonchev–Trinajstić information content (AvgIpc) is 2.61. The molecule has 0 aliphatic rings. The fraction of sp³-hybridized carbons (Fsp3) is 0.235. The molecule has 2 rings (SSSR count). The number of benzene rings is 2. The van der Waals surface area contributed by atoms with Crippen molar-refractivity contribution in [2.45, 2.75) is 12.7 Å². The number of hydrogen-bond donors (Lipinski definition) is 0. The molecule has 11 heteroatoms. The molecular formula is C17H13ClF4N2O4. The van der Waals surface area contributed by atoms with Gasteiger partial charge >= 0.3 is 6.18 Å². The van der Waals surface area contributed by atoms with Crippen molar-refractivity contribution < 1.29 is 32.0 Å². The third-order valence-corrected chi connectivity index (χ3v) is 3.82. The predicted octanol–water partition coefficient (Wildman–Crippen LogP) is 4.36. The second-order valence-electron chi connectivity index (χ2n) is 5.62. The molecule has 1 amide bonds. The highest BCUT2D eigenvalue weighted by Gasteiger charge is 2.34. The molecule has 0 bridgehead atoms. The summed E-state index contributed by atoms with van der Waals surface area (Å²) in [5.74, 6) is -1.80. The molecule has 2 aromatic rings. The Morgan fingerprint density at radius 3 is 2.50 bits per heavy atom. The first-order chi connectivity index (χ1) is 13.1. The molecule has 28 heavy (non-hydrogen) atoms. The number of alkyl halides is 3. The molecule has 0 aromatic heterocycles. The Kier molecular flexibility index (Phi) is 6.79. The van der Waals surface area contributed by atoms with E-state index in [0.717, 1.165) is 24.3 Å². The first-order valence-corrected chi connectivity index (χ1v) is 8.09. The number of carbonyl (C=O) groups excluding carboxylic acids is 1. The normalized spacial score (nSPS) is 11.2. The zero-order valence-corrected chi connectivity index (χ0v) is 14.8. The van der Waals surface area contributed by atoms with Crippen LogP contribution in [-0.4, -0.2) is 35.1 Å². The van der Waals surface area contributed by atoms with Crippen LogP contribution in [-0.2, 0) is 11.3 Å². The minimum atomic E-state index is -4.72. The summed E-state index contributed by atoms with van der Waals surface area (Å²) in [6.45, 7) is -3.05. The Morgan fingerprint density at radius 2 is 1.89 bits per heavy atom. The van der Waals surface area contributed by atoms with Crippen LogP contribution < -0.4 is 4.74 Å². The van der Waals surface area contributed by atoms with Gasteiger partial charge in [0.15, 0.2) is 6.61 Å². The summed E-state index contributed by atoms with van der Waals surface area (Å²) >= 11 is 5.57. The van der Waals surface area contributed by atoms with Crippen molar-refractivity contribution in [2.75, 3.05) is 13.2 Å². The van der Waals surface area contributed by atoms with Gasteiger partial charge in [0.25, 0.3) is 11.6 Å². The third-order valence-electron chi connectivity index (χ3n) is 3.53. The van der Waals surface area contributed by atoms with Crippen LogP contribution in [0.15, 0.2) is 42.5 Å². The molecule has 6 nitrogen and oxygen atoms in total. The number of nitro benzene ring substituents is 1. The zero-order valence-electron chi connectivity index (χ0n) is 14.1. The highest BCUT2D eigenvalue weighted by molar-refractivity contribution is 6.30. The second-order valence-corrected chi connectivity index (χ2v) is 6.02. The van der Waals surface area contributed by atoms with E-state index in [0.29, 0.717) is 4.90 Å². The van der Waals surface area contributed by atoms with Crippen LogP contribution in [0, 0.1) is 15.9 Å². The molecule has 0 spiro atoms. The van der Waals surface area contributed by atoms with Gasteiger partial charge in [-0.15, -0.1) is 0 Å². The number of halogens is 5. The van der Waals surface area contributed by atoms with Gasteiger partial charge in [0.1, 0.15) is 18.1 Å². The van der Waals surface area contributed by atoms with E-state index in [1.54, 1.807) is 0 Å². The molecule has 150 valence electrons. The van der Waals surface area contributed by atoms with Gasteiger partial charge in [0.05, 0.1) is 16.5 Å². The van der Waals surface area contributed by atoms with Gasteiger partial charge < -0.3 is 9.64 Å². The summed E-state index contributed by atoms with van der Waals surface area (Å²) < 4.78 is 56.8. The van der Waals surface area contributed by atoms with Gasteiger partial charge in [-0.25, -0.2) is 4.39 Å². The first kappa shape index (κ1) is 21.4. The lowest BCUT2D eigenvalue weighted by atomic mass is 10.1. The lowest BCUT2D eigenvalue weighted by molar-refractivity contribution is -0.385. The van der Waals surface area contributed by atoms with Crippen molar-refractivity contribution in [1.29, 1.82) is 0 Å². The average molecular weight is 421 g/mol. The molecular weight excluding hydrogens is 408 g/mol. The molecule has 0 aliphatic heterocycles. The van der Waals surface area contributed by atoms with Crippen LogP contribution in [0.4, 0.5) is 23.2 Å². The lowest BCUT2D eigenvalue weighted by Crippen LogP contribution is -2.41. The Bertz CT molecular complexity index is 876. The van der Waals surface area contributed by atoms with Crippen LogP contribution in [0.5, 0.6) is 5.75 Å². The SMILES string of the molecule is O=C(COc1ccc(F)c(Cl)c1)N(Cc1ccccc1[N+](=O)[O-])CC(F)(F)F. The van der Waals surface area contributed by atoms with Crippen LogP contribution in [0.3, 0.4) is 0 Å². The smallest absolute Gasteiger partial charge is 0.406 e. The molecule has 0 unspecified atom stereocenters. The topological polar surface area (TPSA) is 72.7 Å². The van der Waals surface area contributed by atoms with Crippen LogP contribution in [0.25, 0.3) is 0 Å². The Labute approximate surface area is 161 Å². The molecule has 0 radical (unpaired) electrons. The third kappa shape index (κ3) is 6.08. The molecule has 0 saturated heterocycles. The predicted molar refractivity (Wildman–Crippen MR) is 91.5 cm³/mol. The molecule has 0 fully saturated rings. The number of nitro groups is 1. The first-order valence-electron chi connectivity index (χ1n) is 7.71. The Balaban J connectivity index is 2.16. The van der Waals surface area contributed by atoms with Gasteiger partial charge in [0.2, 0.25) is 0 Å². The van der Waals surface area contributed by atoms with Gasteiger partial charge in [0, 0.05) is 17.7 Å². The van der Waals surface area contributed by atoms with Crippen molar-refractivity contribution in [1.82, 2.24) is 4.90 Å². The van der Waals surface area contributed by atoms with Gasteiger partial charge in [-0.3, -0.25) is 14.9 Å². The zero-order chi connectivity index (χ0) is 20.9. The fourth-order valence-electron chi connectivity index (χ4n) is 2.28. The molecule has 0 N–H and O–H groups in total. The number of ether oxygens (including phenoxy) is 1. The number of rotatable bonds is 7. The van der Waals surface area contributed by atoms with Gasteiger partial charge in [-0.2, -0.15) is 13.2 Å². The van der Waals surface area contributed by atoms with E-state index in [4.69, 9.17) is 16.3 Å². The highest BCUT2D eigenvalue weighted by atomic mass is 35.5. The fourth-order valence-corrected chi connectivity index (χ4v) is 2.45. The van der Waals surface area contributed by atoms with E-state index < -0.39 is 48.2 Å². The summed E-state index contributed by atoms with van der Waals surface area (Å²) in [7, 11) is 0. The molecule has 0 heterocycles. The van der Waals surface area contributed by atoms with Crippen LogP contribution in [0.2, 0.25) is 5.02 Å².